The van der Waals surface area contributed by atoms with Crippen LogP contribution in [0.3, 0.4) is 0 Å². The van der Waals surface area contributed by atoms with Gasteiger partial charge in [0.1, 0.15) is 17.1 Å². The van der Waals surface area contributed by atoms with Gasteiger partial charge in [0.25, 0.3) is 0 Å². The van der Waals surface area contributed by atoms with E-state index in [-0.39, 0.29) is 5.41 Å². The Balaban J connectivity index is 1.29. The molecule has 2 saturated carbocycles. The van der Waals surface area contributed by atoms with Crippen LogP contribution in [0.2, 0.25) is 0 Å². The van der Waals surface area contributed by atoms with Gasteiger partial charge in [0, 0.05) is 25.0 Å². The SMILES string of the molecule is C#C[C@]1(O)CC[C@H]2C3CCc4cc(Oc5ccc(CNCCN)cc5)ccc4C3CC[C@@]21C. The summed E-state index contributed by atoms with van der Waals surface area (Å²) < 4.78 is 6.19. The van der Waals surface area contributed by atoms with Crippen LogP contribution in [0.4, 0.5) is 0 Å². The molecular formula is C29H36N2O2. The van der Waals surface area contributed by atoms with Crippen molar-refractivity contribution in [1.29, 1.82) is 0 Å². The lowest BCUT2D eigenvalue weighted by molar-refractivity contribution is -0.0646. The van der Waals surface area contributed by atoms with Gasteiger partial charge in [0.2, 0.25) is 0 Å². The predicted molar refractivity (Wildman–Crippen MR) is 132 cm³/mol. The first kappa shape index (κ1) is 22.5. The first-order valence-electron chi connectivity index (χ1n) is 12.5. The van der Waals surface area contributed by atoms with Crippen LogP contribution in [0.15, 0.2) is 42.5 Å². The van der Waals surface area contributed by atoms with E-state index in [0.29, 0.717) is 24.3 Å². The number of terminal acetylenes is 1. The summed E-state index contributed by atoms with van der Waals surface area (Å²) in [7, 11) is 0. The third-order valence-corrected chi connectivity index (χ3v) is 8.90. The maximum Gasteiger partial charge on any atom is 0.130 e. The summed E-state index contributed by atoms with van der Waals surface area (Å²) >= 11 is 0. The molecule has 2 aromatic rings. The Hall–Kier alpha value is -2.32. The molecule has 5 rings (SSSR count). The number of benzene rings is 2. The van der Waals surface area contributed by atoms with Gasteiger partial charge in [0.15, 0.2) is 0 Å². The van der Waals surface area contributed by atoms with E-state index in [1.807, 2.05) is 12.1 Å². The van der Waals surface area contributed by atoms with Crippen molar-refractivity contribution in [3.05, 3.63) is 59.2 Å². The largest absolute Gasteiger partial charge is 0.457 e. The van der Waals surface area contributed by atoms with Crippen molar-refractivity contribution in [1.82, 2.24) is 5.32 Å². The fraction of sp³-hybridized carbons (Fsp3) is 0.517. The van der Waals surface area contributed by atoms with Crippen molar-refractivity contribution in [2.45, 2.75) is 63.5 Å². The van der Waals surface area contributed by atoms with Gasteiger partial charge in [-0.1, -0.05) is 31.0 Å². The van der Waals surface area contributed by atoms with E-state index in [1.165, 1.54) is 23.1 Å². The summed E-state index contributed by atoms with van der Waals surface area (Å²) in [6.07, 6.45) is 11.9. The Morgan fingerprint density at radius 2 is 1.91 bits per heavy atom. The van der Waals surface area contributed by atoms with Crippen LogP contribution < -0.4 is 15.8 Å². The van der Waals surface area contributed by atoms with E-state index in [0.717, 1.165) is 56.7 Å². The van der Waals surface area contributed by atoms with Crippen molar-refractivity contribution in [2.24, 2.45) is 23.0 Å². The number of aliphatic hydroxyl groups is 1. The van der Waals surface area contributed by atoms with Gasteiger partial charge in [-0.15, -0.1) is 6.42 Å². The highest BCUT2D eigenvalue weighted by molar-refractivity contribution is 5.43. The topological polar surface area (TPSA) is 67.5 Å². The predicted octanol–water partition coefficient (Wildman–Crippen LogP) is 4.75. The number of fused-ring (bicyclic) bond motifs is 5. The van der Waals surface area contributed by atoms with Crippen molar-refractivity contribution >= 4 is 0 Å². The Kier molecular flexibility index (Phi) is 5.99. The number of nitrogens with one attached hydrogen (secondary N) is 1. The number of aryl methyl sites for hydroxylation is 1. The van der Waals surface area contributed by atoms with Crippen molar-refractivity contribution in [2.75, 3.05) is 13.1 Å². The highest BCUT2D eigenvalue weighted by atomic mass is 16.5. The molecule has 2 aromatic carbocycles. The summed E-state index contributed by atoms with van der Waals surface area (Å²) in [6, 6.07) is 14.9. The molecule has 4 nitrogen and oxygen atoms in total. The second-order valence-electron chi connectivity index (χ2n) is 10.5. The van der Waals surface area contributed by atoms with Crippen LogP contribution in [0.25, 0.3) is 0 Å². The minimum Gasteiger partial charge on any atom is -0.457 e. The molecule has 2 fully saturated rings. The van der Waals surface area contributed by atoms with Crippen LogP contribution >= 0.6 is 0 Å². The van der Waals surface area contributed by atoms with E-state index in [4.69, 9.17) is 16.9 Å². The number of ether oxygens (including phenoxy) is 1. The number of nitrogens with two attached hydrogens (primary N) is 1. The first-order valence-corrected chi connectivity index (χ1v) is 12.5. The summed E-state index contributed by atoms with van der Waals surface area (Å²) in [5.41, 5.74) is 8.58. The Morgan fingerprint density at radius 3 is 2.67 bits per heavy atom. The average Bonchev–Trinajstić information content (AvgIpc) is 3.11. The van der Waals surface area contributed by atoms with E-state index in [9.17, 15) is 5.11 Å². The lowest BCUT2D eigenvalue weighted by Crippen LogP contribution is -2.50. The quantitative estimate of drug-likeness (QED) is 0.444. The molecule has 0 aromatic heterocycles. The molecule has 4 heteroatoms. The molecule has 5 atom stereocenters. The van der Waals surface area contributed by atoms with Crippen LogP contribution in [-0.2, 0) is 13.0 Å². The minimum absolute atomic E-state index is 0.143. The first-order chi connectivity index (χ1) is 16.0. The number of rotatable bonds is 6. The molecule has 0 aliphatic heterocycles. The maximum absolute atomic E-state index is 11.1. The van der Waals surface area contributed by atoms with Crippen molar-refractivity contribution < 1.29 is 9.84 Å². The molecule has 2 unspecified atom stereocenters. The standard InChI is InChI=1S/C29H36N2O2/c1-3-29(32)15-13-27-26-10-6-21-18-23(9-11-24(21)25(26)12-14-28(27,29)2)33-22-7-4-20(5-8-22)19-31-17-16-30/h1,4-5,7-9,11,18,25-27,31-32H,6,10,12-17,19,30H2,2H3/t25?,26?,27-,28-,29-/m0/s1. The normalized spacial score (nSPS) is 32.4. The monoisotopic (exact) mass is 444 g/mol. The van der Waals surface area contributed by atoms with Crippen LogP contribution in [0, 0.1) is 29.6 Å². The molecule has 174 valence electrons. The summed E-state index contributed by atoms with van der Waals surface area (Å²) in [4.78, 5) is 0. The molecule has 0 amide bonds. The lowest BCUT2D eigenvalue weighted by atomic mass is 9.53. The van der Waals surface area contributed by atoms with Crippen LogP contribution in [0.5, 0.6) is 11.5 Å². The Bertz CT molecular complexity index is 1040. The van der Waals surface area contributed by atoms with Gasteiger partial charge in [-0.25, -0.2) is 0 Å². The summed E-state index contributed by atoms with van der Waals surface area (Å²) in [5, 5.41) is 14.4. The molecule has 4 N–H and O–H groups in total. The number of hydrogen-bond acceptors (Lipinski definition) is 4. The zero-order valence-electron chi connectivity index (χ0n) is 19.6. The van der Waals surface area contributed by atoms with E-state index >= 15 is 0 Å². The van der Waals surface area contributed by atoms with Gasteiger partial charge in [-0.3, -0.25) is 0 Å². The Morgan fingerprint density at radius 1 is 1.12 bits per heavy atom. The molecule has 33 heavy (non-hydrogen) atoms. The third-order valence-electron chi connectivity index (χ3n) is 8.90. The third kappa shape index (κ3) is 3.87. The van der Waals surface area contributed by atoms with E-state index in [1.54, 1.807) is 0 Å². The lowest BCUT2D eigenvalue weighted by Gasteiger charge is -2.52. The molecule has 0 bridgehead atoms. The Labute approximate surface area is 197 Å². The molecule has 3 aliphatic rings. The average molecular weight is 445 g/mol. The highest BCUT2D eigenvalue weighted by Gasteiger charge is 2.61. The number of hydrogen-bond donors (Lipinski definition) is 3. The van der Waals surface area contributed by atoms with Gasteiger partial charge < -0.3 is 20.9 Å². The fourth-order valence-electron chi connectivity index (χ4n) is 7.02. The molecule has 0 heterocycles. The zero-order valence-corrected chi connectivity index (χ0v) is 19.6. The van der Waals surface area contributed by atoms with Gasteiger partial charge in [-0.05, 0) is 97.2 Å². The van der Waals surface area contributed by atoms with Crippen LogP contribution in [-0.4, -0.2) is 23.8 Å². The van der Waals surface area contributed by atoms with E-state index < -0.39 is 5.60 Å². The second kappa shape index (κ2) is 8.80. The molecular weight excluding hydrogens is 408 g/mol. The molecule has 3 aliphatic carbocycles. The van der Waals surface area contributed by atoms with Gasteiger partial charge >= 0.3 is 0 Å². The summed E-state index contributed by atoms with van der Waals surface area (Å²) in [6.45, 7) is 4.53. The summed E-state index contributed by atoms with van der Waals surface area (Å²) in [5.74, 6) is 6.24. The van der Waals surface area contributed by atoms with Crippen molar-refractivity contribution in [3.8, 4) is 23.8 Å². The molecule has 0 saturated heterocycles. The second-order valence-corrected chi connectivity index (χ2v) is 10.5. The smallest absolute Gasteiger partial charge is 0.130 e. The minimum atomic E-state index is -0.934. The molecule has 0 spiro atoms. The fourth-order valence-corrected chi connectivity index (χ4v) is 7.02. The highest BCUT2D eigenvalue weighted by Crippen LogP contribution is 2.64. The van der Waals surface area contributed by atoms with Gasteiger partial charge in [0.05, 0.1) is 0 Å². The molecule has 0 radical (unpaired) electrons. The van der Waals surface area contributed by atoms with Crippen molar-refractivity contribution in [3.63, 3.8) is 0 Å². The van der Waals surface area contributed by atoms with Gasteiger partial charge in [-0.2, -0.15) is 0 Å². The zero-order chi connectivity index (χ0) is 23.1. The maximum atomic E-state index is 11.1. The van der Waals surface area contributed by atoms with E-state index in [2.05, 4.69) is 48.5 Å². The van der Waals surface area contributed by atoms with Crippen LogP contribution in [0.1, 0.15) is 61.6 Å².